The molecule has 5 heteroatoms. The first-order chi connectivity index (χ1) is 7.18. The largest absolute Gasteiger partial charge is 0.338 e. The Morgan fingerprint density at radius 2 is 2.13 bits per heavy atom. The van der Waals surface area contributed by atoms with Gasteiger partial charge in [0.15, 0.2) is 0 Å². The average Bonchev–Trinajstić information content (AvgIpc) is 2.20. The van der Waals surface area contributed by atoms with Gasteiger partial charge in [-0.2, -0.15) is 0 Å². The van der Waals surface area contributed by atoms with E-state index < -0.39 is 0 Å². The number of rotatable bonds is 1. The van der Waals surface area contributed by atoms with Crippen LogP contribution in [0.4, 0.5) is 10.5 Å². The summed E-state index contributed by atoms with van der Waals surface area (Å²) < 4.78 is 1.92. The fraction of sp³-hybridized carbons (Fsp3) is 0.300. The van der Waals surface area contributed by atoms with E-state index in [1.165, 1.54) is 0 Å². The second-order valence-electron chi connectivity index (χ2n) is 3.33. The summed E-state index contributed by atoms with van der Waals surface area (Å²) >= 11 is 6.84. The number of benzene rings is 1. The van der Waals surface area contributed by atoms with Crippen molar-refractivity contribution in [1.29, 1.82) is 0 Å². The molecule has 1 fully saturated rings. The summed E-state index contributed by atoms with van der Waals surface area (Å²) in [6.45, 7) is 1.54. The van der Waals surface area contributed by atoms with Crippen molar-refractivity contribution >= 4 is 43.6 Å². The van der Waals surface area contributed by atoms with Crippen molar-refractivity contribution < 1.29 is 4.79 Å². The molecule has 1 aromatic rings. The zero-order chi connectivity index (χ0) is 10.8. The number of nitrogens with zero attached hydrogens (tertiary/aromatic N) is 1. The van der Waals surface area contributed by atoms with Gasteiger partial charge in [0.1, 0.15) is 0 Å². The fourth-order valence-electron chi connectivity index (χ4n) is 1.56. The molecule has 80 valence electrons. The molecular formula is C10H10Br2N2O. The molecule has 15 heavy (non-hydrogen) atoms. The number of carbonyl (C=O) groups is 1. The highest BCUT2D eigenvalue weighted by Gasteiger charge is 2.20. The summed E-state index contributed by atoms with van der Waals surface area (Å²) in [7, 11) is 0. The highest BCUT2D eigenvalue weighted by molar-refractivity contribution is 9.11. The second-order valence-corrected chi connectivity index (χ2v) is 5.10. The van der Waals surface area contributed by atoms with Crippen LogP contribution in [0.3, 0.4) is 0 Å². The highest BCUT2D eigenvalue weighted by atomic mass is 79.9. The van der Waals surface area contributed by atoms with Gasteiger partial charge in [0.25, 0.3) is 0 Å². The van der Waals surface area contributed by atoms with Crippen LogP contribution in [-0.4, -0.2) is 19.1 Å². The molecule has 0 bridgehead atoms. The predicted octanol–water partition coefficient (Wildman–Crippen LogP) is 3.13. The van der Waals surface area contributed by atoms with E-state index in [9.17, 15) is 4.79 Å². The van der Waals surface area contributed by atoms with Gasteiger partial charge in [-0.1, -0.05) is 15.9 Å². The Labute approximate surface area is 105 Å². The molecule has 0 radical (unpaired) electrons. The van der Waals surface area contributed by atoms with E-state index in [2.05, 4.69) is 37.2 Å². The number of halogens is 2. The lowest BCUT2D eigenvalue weighted by molar-refractivity contribution is 0.243. The molecule has 1 heterocycles. The van der Waals surface area contributed by atoms with Crippen LogP contribution in [0.5, 0.6) is 0 Å². The van der Waals surface area contributed by atoms with Crippen LogP contribution < -0.4 is 10.2 Å². The smallest absolute Gasteiger partial charge is 0.321 e. The molecule has 0 spiro atoms. The predicted molar refractivity (Wildman–Crippen MR) is 67.2 cm³/mol. The maximum atomic E-state index is 11.6. The first kappa shape index (κ1) is 11.0. The SMILES string of the molecule is O=C1NCCCN1c1ccc(Br)cc1Br. The number of hydrogen-bond donors (Lipinski definition) is 1. The number of anilines is 1. The Balaban J connectivity index is 2.31. The third-order valence-electron chi connectivity index (χ3n) is 2.28. The standard InChI is InChI=1S/C10H10Br2N2O/c11-7-2-3-9(8(12)6-7)14-5-1-4-13-10(14)15/h2-3,6H,1,4-5H2,(H,13,15). The minimum atomic E-state index is -0.0238. The molecule has 3 nitrogen and oxygen atoms in total. The quantitative estimate of drug-likeness (QED) is 0.841. The number of amides is 2. The molecule has 0 atom stereocenters. The lowest BCUT2D eigenvalue weighted by Crippen LogP contribution is -2.46. The number of hydrogen-bond acceptors (Lipinski definition) is 1. The zero-order valence-corrected chi connectivity index (χ0v) is 11.1. The third-order valence-corrected chi connectivity index (χ3v) is 3.41. The Morgan fingerprint density at radius 3 is 2.80 bits per heavy atom. The maximum absolute atomic E-state index is 11.6. The third kappa shape index (κ3) is 2.34. The van der Waals surface area contributed by atoms with Gasteiger partial charge in [0, 0.05) is 22.0 Å². The molecule has 0 aromatic heterocycles. The van der Waals surface area contributed by atoms with Gasteiger partial charge in [-0.3, -0.25) is 4.90 Å². The summed E-state index contributed by atoms with van der Waals surface area (Å²) in [6.07, 6.45) is 0.980. The minimum Gasteiger partial charge on any atom is -0.338 e. The van der Waals surface area contributed by atoms with Crippen LogP contribution in [0.15, 0.2) is 27.1 Å². The van der Waals surface area contributed by atoms with Gasteiger partial charge in [-0.15, -0.1) is 0 Å². The minimum absolute atomic E-state index is 0.0238. The van der Waals surface area contributed by atoms with Crippen LogP contribution >= 0.6 is 31.9 Å². The van der Waals surface area contributed by atoms with Gasteiger partial charge in [-0.25, -0.2) is 4.79 Å². The molecule has 2 rings (SSSR count). The van der Waals surface area contributed by atoms with Crippen molar-refractivity contribution in [2.75, 3.05) is 18.0 Å². The Bertz CT molecular complexity index is 395. The molecule has 1 aliphatic rings. The maximum Gasteiger partial charge on any atom is 0.321 e. The van der Waals surface area contributed by atoms with Gasteiger partial charge in [-0.05, 0) is 40.5 Å². The normalized spacial score (nSPS) is 16.4. The Kier molecular flexibility index (Phi) is 3.31. The summed E-state index contributed by atoms with van der Waals surface area (Å²) in [6, 6.07) is 5.78. The molecule has 0 unspecified atom stereocenters. The number of carbonyl (C=O) groups excluding carboxylic acids is 1. The van der Waals surface area contributed by atoms with E-state index >= 15 is 0 Å². The van der Waals surface area contributed by atoms with Crippen LogP contribution in [0.1, 0.15) is 6.42 Å². The van der Waals surface area contributed by atoms with Crippen molar-refractivity contribution in [2.24, 2.45) is 0 Å². The van der Waals surface area contributed by atoms with Crippen molar-refractivity contribution in [1.82, 2.24) is 5.32 Å². The van der Waals surface area contributed by atoms with Crippen molar-refractivity contribution in [3.63, 3.8) is 0 Å². The average molecular weight is 334 g/mol. The molecule has 1 aromatic carbocycles. The van der Waals surface area contributed by atoms with Gasteiger partial charge in [0.05, 0.1) is 5.69 Å². The summed E-state index contributed by atoms with van der Waals surface area (Å²) in [5, 5.41) is 2.83. The number of nitrogens with one attached hydrogen (secondary N) is 1. The van der Waals surface area contributed by atoms with Crippen molar-refractivity contribution in [3.8, 4) is 0 Å². The van der Waals surface area contributed by atoms with Crippen LogP contribution in [0, 0.1) is 0 Å². The molecule has 1 aliphatic heterocycles. The molecule has 1 saturated heterocycles. The molecule has 2 amide bonds. The van der Waals surface area contributed by atoms with Crippen LogP contribution in [-0.2, 0) is 0 Å². The highest BCUT2D eigenvalue weighted by Crippen LogP contribution is 2.30. The Morgan fingerprint density at radius 1 is 1.33 bits per heavy atom. The van der Waals surface area contributed by atoms with Crippen LogP contribution in [0.25, 0.3) is 0 Å². The Hall–Kier alpha value is -0.550. The lowest BCUT2D eigenvalue weighted by atomic mass is 10.2. The monoisotopic (exact) mass is 332 g/mol. The van der Waals surface area contributed by atoms with Gasteiger partial charge >= 0.3 is 6.03 Å². The van der Waals surface area contributed by atoms with E-state index in [0.717, 1.165) is 34.1 Å². The molecule has 0 aliphatic carbocycles. The van der Waals surface area contributed by atoms with E-state index in [0.29, 0.717) is 0 Å². The van der Waals surface area contributed by atoms with E-state index in [1.54, 1.807) is 4.90 Å². The molecular weight excluding hydrogens is 324 g/mol. The lowest BCUT2D eigenvalue weighted by Gasteiger charge is -2.28. The second kappa shape index (κ2) is 4.53. The number of urea groups is 1. The first-order valence-corrected chi connectivity index (χ1v) is 6.27. The van der Waals surface area contributed by atoms with Crippen molar-refractivity contribution in [3.05, 3.63) is 27.1 Å². The zero-order valence-electron chi connectivity index (χ0n) is 7.96. The van der Waals surface area contributed by atoms with E-state index in [4.69, 9.17) is 0 Å². The van der Waals surface area contributed by atoms with E-state index in [1.807, 2.05) is 18.2 Å². The summed E-state index contributed by atoms with van der Waals surface area (Å²) in [5.41, 5.74) is 0.912. The van der Waals surface area contributed by atoms with Crippen molar-refractivity contribution in [2.45, 2.75) is 6.42 Å². The first-order valence-electron chi connectivity index (χ1n) is 4.69. The topological polar surface area (TPSA) is 32.3 Å². The summed E-state index contributed by atoms with van der Waals surface area (Å²) in [4.78, 5) is 13.4. The van der Waals surface area contributed by atoms with Gasteiger partial charge in [0.2, 0.25) is 0 Å². The fourth-order valence-corrected chi connectivity index (χ4v) is 2.82. The summed E-state index contributed by atoms with van der Waals surface area (Å²) in [5.74, 6) is 0. The molecule has 1 N–H and O–H groups in total. The van der Waals surface area contributed by atoms with E-state index in [-0.39, 0.29) is 6.03 Å². The van der Waals surface area contributed by atoms with Gasteiger partial charge < -0.3 is 5.32 Å². The van der Waals surface area contributed by atoms with Crippen LogP contribution in [0.2, 0.25) is 0 Å². The molecule has 0 saturated carbocycles.